The molecule has 5 rings (SSSR count). The van der Waals surface area contributed by atoms with Crippen molar-refractivity contribution in [1.29, 1.82) is 0 Å². The summed E-state index contributed by atoms with van der Waals surface area (Å²) in [5, 5.41) is 22.7. The molecular weight excluding hydrogens is 488 g/mol. The second-order valence-electron chi connectivity index (χ2n) is 8.63. The molecule has 0 aliphatic heterocycles. The molecule has 1 saturated carbocycles. The van der Waals surface area contributed by atoms with E-state index < -0.39 is 22.3 Å². The van der Waals surface area contributed by atoms with E-state index >= 15 is 0 Å². The molecule has 36 heavy (non-hydrogen) atoms. The van der Waals surface area contributed by atoms with Crippen molar-refractivity contribution in [3.8, 4) is 0 Å². The highest BCUT2D eigenvalue weighted by Crippen LogP contribution is 2.30. The normalized spacial score (nSPS) is 20.1. The van der Waals surface area contributed by atoms with Gasteiger partial charge in [0.15, 0.2) is 0 Å². The molecule has 0 aromatic carbocycles. The minimum atomic E-state index is -4.10. The Bertz CT molecular complexity index is 1470. The zero-order valence-electron chi connectivity index (χ0n) is 19.0. The monoisotopic (exact) mass is 512 g/mol. The maximum Gasteiger partial charge on any atom is 0.333 e. The average molecular weight is 513 g/mol. The quantitative estimate of drug-likeness (QED) is 0.265. The fourth-order valence-corrected chi connectivity index (χ4v) is 4.69. The van der Waals surface area contributed by atoms with Gasteiger partial charge in [-0.2, -0.15) is 13.5 Å². The first-order valence-corrected chi connectivity index (χ1v) is 12.6. The number of aromatic nitrogens is 6. The minimum absolute atomic E-state index is 0.225. The Hall–Kier alpha value is -3.72. The van der Waals surface area contributed by atoms with Gasteiger partial charge in [0.25, 0.3) is 0 Å². The van der Waals surface area contributed by atoms with Crippen molar-refractivity contribution in [1.82, 2.24) is 29.1 Å². The smallest absolute Gasteiger partial charge is 0.333 e. The van der Waals surface area contributed by atoms with Gasteiger partial charge in [-0.1, -0.05) is 6.07 Å². The minimum Gasteiger partial charge on any atom is -0.393 e. The molecule has 0 saturated heterocycles. The number of ketones is 1. The van der Waals surface area contributed by atoms with E-state index in [0.29, 0.717) is 25.2 Å². The Morgan fingerprint density at radius 3 is 2.92 bits per heavy atom. The van der Waals surface area contributed by atoms with E-state index in [9.17, 15) is 18.3 Å². The second kappa shape index (κ2) is 9.73. The summed E-state index contributed by atoms with van der Waals surface area (Å²) < 4.78 is 30.3. The fourth-order valence-electron chi connectivity index (χ4n) is 4.32. The highest BCUT2D eigenvalue weighted by atomic mass is 32.2. The summed E-state index contributed by atoms with van der Waals surface area (Å²) in [7, 11) is -4.10. The van der Waals surface area contributed by atoms with Gasteiger partial charge in [-0.15, -0.1) is 0 Å². The number of rotatable bonds is 9. The van der Waals surface area contributed by atoms with E-state index in [4.69, 9.17) is 5.14 Å². The van der Waals surface area contributed by atoms with Crippen LogP contribution in [-0.2, 0) is 21.0 Å². The van der Waals surface area contributed by atoms with Crippen molar-refractivity contribution in [2.24, 2.45) is 11.1 Å². The topological polar surface area (TPSA) is 180 Å². The molecule has 1 fully saturated rings. The molecule has 1 aliphatic rings. The molecule has 0 radical (unpaired) electrons. The van der Waals surface area contributed by atoms with Gasteiger partial charge in [-0.3, -0.25) is 13.7 Å². The van der Waals surface area contributed by atoms with E-state index in [0.717, 1.165) is 11.3 Å². The van der Waals surface area contributed by atoms with Gasteiger partial charge in [-0.05, 0) is 31.0 Å². The first kappa shape index (κ1) is 24.0. The number of hydrogen-bond acceptors (Lipinski definition) is 10. The number of nitrogens with one attached hydrogen (secondary N) is 1. The Morgan fingerprint density at radius 1 is 1.25 bits per heavy atom. The van der Waals surface area contributed by atoms with Crippen LogP contribution in [0.5, 0.6) is 0 Å². The van der Waals surface area contributed by atoms with Crippen LogP contribution < -0.4 is 10.5 Å². The summed E-state index contributed by atoms with van der Waals surface area (Å²) in [6, 6.07) is 7.10. The van der Waals surface area contributed by atoms with Crippen LogP contribution in [0.15, 0.2) is 55.4 Å². The predicted octanol–water partition coefficient (Wildman–Crippen LogP) is 0.372. The molecule has 0 spiro atoms. The number of pyridine rings is 1. The zero-order chi connectivity index (χ0) is 25.3. The van der Waals surface area contributed by atoms with Crippen molar-refractivity contribution < 1.29 is 22.5 Å². The van der Waals surface area contributed by atoms with Crippen molar-refractivity contribution >= 4 is 27.6 Å². The van der Waals surface area contributed by atoms with E-state index in [2.05, 4.69) is 29.6 Å². The maximum absolute atomic E-state index is 13.2. The number of carbonyl (C=O) groups is 1. The van der Waals surface area contributed by atoms with Gasteiger partial charge < -0.3 is 14.8 Å². The van der Waals surface area contributed by atoms with Gasteiger partial charge in [0.2, 0.25) is 5.78 Å². The standard InChI is InChI=1S/C22H24N8O5S/c23-36(33,34)35-12-14-7-15(8-19(14)31)27-22-17(9-24-13-25-22)21(32)18-4-6-30(28-18)11-16-10-29-5-2-1-3-20(29)26-16/h1-6,9-10,13-15,19,31H,7-8,11-12H2,(H2,23,33,34)(H,24,25,27). The van der Waals surface area contributed by atoms with Crippen molar-refractivity contribution in [2.45, 2.75) is 31.5 Å². The number of nitrogens with zero attached hydrogens (tertiary/aromatic N) is 6. The number of nitrogens with two attached hydrogens (primary N) is 1. The van der Waals surface area contributed by atoms with E-state index in [-0.39, 0.29) is 29.7 Å². The number of imidazole rings is 1. The summed E-state index contributed by atoms with van der Waals surface area (Å²) >= 11 is 0. The SMILES string of the molecule is NS(=O)(=O)OCC1CC(Nc2ncncc2C(=O)c2ccn(Cc3cn4ccccc4n3)n2)CC1O. The van der Waals surface area contributed by atoms with Gasteiger partial charge in [0, 0.05) is 36.7 Å². The molecule has 13 nitrogen and oxygen atoms in total. The molecule has 1 aliphatic carbocycles. The first-order valence-electron chi connectivity index (χ1n) is 11.2. The third kappa shape index (κ3) is 5.41. The molecule has 4 N–H and O–H groups in total. The Kier molecular flexibility index (Phi) is 6.49. The van der Waals surface area contributed by atoms with Crippen LogP contribution in [0.3, 0.4) is 0 Å². The number of carbonyl (C=O) groups excluding carboxylic acids is 1. The van der Waals surface area contributed by atoms with Gasteiger partial charge in [0.1, 0.15) is 23.5 Å². The number of fused-ring (bicyclic) bond motifs is 1. The third-order valence-electron chi connectivity index (χ3n) is 6.01. The number of hydrogen-bond donors (Lipinski definition) is 3. The molecule has 3 unspecified atom stereocenters. The predicted molar refractivity (Wildman–Crippen MR) is 127 cm³/mol. The summed E-state index contributed by atoms with van der Waals surface area (Å²) in [5.41, 5.74) is 2.08. The largest absolute Gasteiger partial charge is 0.393 e. The summed E-state index contributed by atoms with van der Waals surface area (Å²) in [6.07, 6.45) is 8.18. The van der Waals surface area contributed by atoms with E-state index in [1.807, 2.05) is 35.0 Å². The lowest BCUT2D eigenvalue weighted by atomic mass is 10.1. The molecule has 0 amide bonds. The Labute approximate surface area is 206 Å². The van der Waals surface area contributed by atoms with Crippen molar-refractivity contribution in [2.75, 3.05) is 11.9 Å². The molecule has 4 aromatic heterocycles. The average Bonchev–Trinajstić information content (AvgIpc) is 3.55. The number of anilines is 1. The van der Waals surface area contributed by atoms with Crippen LogP contribution in [-0.4, -0.2) is 67.2 Å². The maximum atomic E-state index is 13.2. The van der Waals surface area contributed by atoms with Crippen LogP contribution in [0.25, 0.3) is 5.65 Å². The molecule has 0 bridgehead atoms. The highest BCUT2D eigenvalue weighted by molar-refractivity contribution is 7.84. The molecular formula is C22H24N8O5S. The first-order chi connectivity index (χ1) is 17.2. The van der Waals surface area contributed by atoms with Crippen LogP contribution in [0.4, 0.5) is 5.82 Å². The van der Waals surface area contributed by atoms with Crippen molar-refractivity contribution in [3.63, 3.8) is 0 Å². The molecule has 3 atom stereocenters. The van der Waals surface area contributed by atoms with Crippen LogP contribution in [0, 0.1) is 5.92 Å². The Balaban J connectivity index is 1.27. The lowest BCUT2D eigenvalue weighted by Gasteiger charge is -2.15. The summed E-state index contributed by atoms with van der Waals surface area (Å²) in [5.74, 6) is -0.494. The van der Waals surface area contributed by atoms with Crippen LogP contribution in [0.2, 0.25) is 0 Å². The van der Waals surface area contributed by atoms with Gasteiger partial charge in [0.05, 0.1) is 30.5 Å². The zero-order valence-corrected chi connectivity index (χ0v) is 19.8. The van der Waals surface area contributed by atoms with Gasteiger partial charge >= 0.3 is 10.3 Å². The molecule has 4 heterocycles. The second-order valence-corrected chi connectivity index (χ2v) is 9.85. The highest BCUT2D eigenvalue weighted by Gasteiger charge is 2.34. The van der Waals surface area contributed by atoms with Crippen LogP contribution in [0.1, 0.15) is 34.6 Å². The number of aliphatic hydroxyl groups excluding tert-OH is 1. The summed E-state index contributed by atoms with van der Waals surface area (Å²) in [4.78, 5) is 26.0. The lowest BCUT2D eigenvalue weighted by Crippen LogP contribution is -2.24. The lowest BCUT2D eigenvalue weighted by molar-refractivity contribution is 0.101. The molecule has 188 valence electrons. The molecule has 14 heteroatoms. The molecule has 4 aromatic rings. The van der Waals surface area contributed by atoms with Crippen molar-refractivity contribution in [3.05, 3.63) is 72.3 Å². The van der Waals surface area contributed by atoms with Crippen LogP contribution >= 0.6 is 0 Å². The van der Waals surface area contributed by atoms with Gasteiger partial charge in [-0.25, -0.2) is 20.1 Å². The Morgan fingerprint density at radius 2 is 2.11 bits per heavy atom. The fraction of sp³-hybridized carbons (Fsp3) is 0.318. The summed E-state index contributed by atoms with van der Waals surface area (Å²) in [6.45, 7) is 0.171. The van der Waals surface area contributed by atoms with E-state index in [1.54, 1.807) is 16.9 Å². The van der Waals surface area contributed by atoms with E-state index in [1.165, 1.54) is 12.5 Å². The number of aliphatic hydroxyl groups is 1. The third-order valence-corrected chi connectivity index (χ3v) is 6.48.